The van der Waals surface area contributed by atoms with Gasteiger partial charge in [-0.2, -0.15) is 0 Å². The second-order valence-corrected chi connectivity index (χ2v) is 5.97. The summed E-state index contributed by atoms with van der Waals surface area (Å²) < 4.78 is 12.9. The normalized spacial score (nSPS) is 10.4. The van der Waals surface area contributed by atoms with Gasteiger partial charge in [0.2, 0.25) is 5.95 Å². The molecule has 132 valence electrons. The number of carbonyl (C=O) groups excluding carboxylic acids is 1. The van der Waals surface area contributed by atoms with Crippen molar-refractivity contribution in [3.8, 4) is 0 Å². The van der Waals surface area contributed by atoms with E-state index in [-0.39, 0.29) is 23.4 Å². The van der Waals surface area contributed by atoms with Crippen LogP contribution in [-0.2, 0) is 6.42 Å². The van der Waals surface area contributed by atoms with Crippen molar-refractivity contribution in [2.24, 2.45) is 0 Å². The molecule has 2 aromatic carbocycles. The minimum Gasteiger partial charge on any atom is -0.350 e. The standard InChI is InChI=1S/C19H16ClFN4O/c20-14-3-1-13(2-4-14)9-11-22-18(26)17-10-12-23-19(25-17)24-16-7-5-15(21)6-8-16/h1-8,10,12H,9,11H2,(H,22,26)(H,23,24,25). The second kappa shape index (κ2) is 8.40. The van der Waals surface area contributed by atoms with Crippen molar-refractivity contribution in [3.63, 3.8) is 0 Å². The van der Waals surface area contributed by atoms with Crippen LogP contribution in [0.4, 0.5) is 16.0 Å². The highest BCUT2D eigenvalue weighted by Crippen LogP contribution is 2.13. The number of anilines is 2. The van der Waals surface area contributed by atoms with Crippen molar-refractivity contribution in [1.82, 2.24) is 15.3 Å². The van der Waals surface area contributed by atoms with Gasteiger partial charge < -0.3 is 10.6 Å². The van der Waals surface area contributed by atoms with Crippen LogP contribution in [0.2, 0.25) is 5.02 Å². The molecule has 0 saturated carbocycles. The smallest absolute Gasteiger partial charge is 0.270 e. The molecule has 26 heavy (non-hydrogen) atoms. The number of benzene rings is 2. The van der Waals surface area contributed by atoms with Gasteiger partial charge in [0, 0.05) is 23.5 Å². The first-order valence-corrected chi connectivity index (χ1v) is 8.36. The Labute approximate surface area is 155 Å². The van der Waals surface area contributed by atoms with E-state index in [2.05, 4.69) is 20.6 Å². The molecule has 2 N–H and O–H groups in total. The lowest BCUT2D eigenvalue weighted by Gasteiger charge is -2.07. The van der Waals surface area contributed by atoms with Gasteiger partial charge in [-0.1, -0.05) is 23.7 Å². The number of carbonyl (C=O) groups is 1. The summed E-state index contributed by atoms with van der Waals surface area (Å²) in [7, 11) is 0. The topological polar surface area (TPSA) is 66.9 Å². The molecule has 0 atom stereocenters. The second-order valence-electron chi connectivity index (χ2n) is 5.53. The van der Waals surface area contributed by atoms with Crippen molar-refractivity contribution in [1.29, 1.82) is 0 Å². The highest BCUT2D eigenvalue weighted by atomic mass is 35.5. The summed E-state index contributed by atoms with van der Waals surface area (Å²) >= 11 is 5.85. The van der Waals surface area contributed by atoms with Crippen LogP contribution in [-0.4, -0.2) is 22.4 Å². The Morgan fingerprint density at radius 1 is 1.04 bits per heavy atom. The highest BCUT2D eigenvalue weighted by Gasteiger charge is 2.08. The van der Waals surface area contributed by atoms with Crippen LogP contribution in [0, 0.1) is 5.82 Å². The zero-order valence-corrected chi connectivity index (χ0v) is 14.5. The number of nitrogens with one attached hydrogen (secondary N) is 2. The van der Waals surface area contributed by atoms with Crippen LogP contribution in [0.5, 0.6) is 0 Å². The molecule has 0 spiro atoms. The van der Waals surface area contributed by atoms with Gasteiger partial charge in [0.1, 0.15) is 11.5 Å². The van der Waals surface area contributed by atoms with Gasteiger partial charge >= 0.3 is 0 Å². The van der Waals surface area contributed by atoms with E-state index >= 15 is 0 Å². The number of halogens is 2. The van der Waals surface area contributed by atoms with E-state index in [1.54, 1.807) is 12.1 Å². The zero-order chi connectivity index (χ0) is 18.4. The van der Waals surface area contributed by atoms with E-state index in [1.165, 1.54) is 24.4 Å². The summed E-state index contributed by atoms with van der Waals surface area (Å²) in [5.74, 6) is -0.351. The maximum atomic E-state index is 12.9. The first-order valence-electron chi connectivity index (χ1n) is 7.98. The highest BCUT2D eigenvalue weighted by molar-refractivity contribution is 6.30. The molecule has 0 radical (unpaired) electrons. The molecule has 3 aromatic rings. The maximum Gasteiger partial charge on any atom is 0.270 e. The summed E-state index contributed by atoms with van der Waals surface area (Å²) in [6.45, 7) is 0.477. The number of hydrogen-bond acceptors (Lipinski definition) is 4. The molecule has 0 bridgehead atoms. The summed E-state index contributed by atoms with van der Waals surface area (Å²) in [4.78, 5) is 20.5. The monoisotopic (exact) mass is 370 g/mol. The van der Waals surface area contributed by atoms with Crippen LogP contribution in [0.3, 0.4) is 0 Å². The van der Waals surface area contributed by atoms with Gasteiger partial charge in [-0.15, -0.1) is 0 Å². The van der Waals surface area contributed by atoms with Crippen LogP contribution in [0.1, 0.15) is 16.1 Å². The molecule has 0 unspecified atom stereocenters. The van der Waals surface area contributed by atoms with E-state index in [0.29, 0.717) is 23.7 Å². The Kier molecular flexibility index (Phi) is 5.76. The van der Waals surface area contributed by atoms with Gasteiger partial charge in [-0.05, 0) is 54.4 Å². The lowest BCUT2D eigenvalue weighted by Crippen LogP contribution is -2.26. The molecule has 0 fully saturated rings. The number of hydrogen-bond donors (Lipinski definition) is 2. The lowest BCUT2D eigenvalue weighted by atomic mass is 10.1. The van der Waals surface area contributed by atoms with Crippen molar-refractivity contribution in [2.45, 2.75) is 6.42 Å². The summed E-state index contributed by atoms with van der Waals surface area (Å²) in [6.07, 6.45) is 2.18. The molecule has 7 heteroatoms. The molecular formula is C19H16ClFN4O. The molecule has 0 aliphatic heterocycles. The fourth-order valence-corrected chi connectivity index (χ4v) is 2.40. The van der Waals surface area contributed by atoms with E-state index in [0.717, 1.165) is 5.56 Å². The Morgan fingerprint density at radius 2 is 1.77 bits per heavy atom. The third kappa shape index (κ3) is 5.00. The van der Waals surface area contributed by atoms with E-state index < -0.39 is 0 Å². The molecule has 1 heterocycles. The fraction of sp³-hybridized carbons (Fsp3) is 0.105. The Bertz CT molecular complexity index is 885. The van der Waals surface area contributed by atoms with Crippen LogP contribution < -0.4 is 10.6 Å². The van der Waals surface area contributed by atoms with Crippen molar-refractivity contribution in [2.75, 3.05) is 11.9 Å². The predicted octanol–water partition coefficient (Wildman–Crippen LogP) is 3.99. The SMILES string of the molecule is O=C(NCCc1ccc(Cl)cc1)c1ccnc(Nc2ccc(F)cc2)n1. The fourth-order valence-electron chi connectivity index (χ4n) is 2.27. The Hall–Kier alpha value is -2.99. The van der Waals surface area contributed by atoms with E-state index in [1.807, 2.05) is 24.3 Å². The zero-order valence-electron chi connectivity index (χ0n) is 13.7. The predicted molar refractivity (Wildman–Crippen MR) is 99.2 cm³/mol. The molecule has 3 rings (SSSR count). The van der Waals surface area contributed by atoms with Gasteiger partial charge in [0.05, 0.1) is 0 Å². The number of rotatable bonds is 6. The molecular weight excluding hydrogens is 355 g/mol. The average Bonchev–Trinajstić information content (AvgIpc) is 2.65. The number of amides is 1. The van der Waals surface area contributed by atoms with Crippen molar-refractivity contribution < 1.29 is 9.18 Å². The minimum absolute atomic E-state index is 0.251. The van der Waals surface area contributed by atoms with E-state index in [9.17, 15) is 9.18 Å². The lowest BCUT2D eigenvalue weighted by molar-refractivity contribution is 0.0949. The Morgan fingerprint density at radius 3 is 2.50 bits per heavy atom. The van der Waals surface area contributed by atoms with Gasteiger partial charge in [0.15, 0.2) is 0 Å². The van der Waals surface area contributed by atoms with Crippen LogP contribution in [0.15, 0.2) is 60.8 Å². The molecule has 1 aromatic heterocycles. The summed E-state index contributed by atoms with van der Waals surface area (Å²) in [5, 5.41) is 6.43. The first kappa shape index (κ1) is 17.8. The molecule has 0 aliphatic rings. The molecule has 5 nitrogen and oxygen atoms in total. The van der Waals surface area contributed by atoms with Crippen LogP contribution in [0.25, 0.3) is 0 Å². The maximum absolute atomic E-state index is 12.9. The van der Waals surface area contributed by atoms with Crippen LogP contribution >= 0.6 is 11.6 Å². The van der Waals surface area contributed by atoms with Gasteiger partial charge in [0.25, 0.3) is 5.91 Å². The third-order valence-electron chi connectivity index (χ3n) is 3.60. The number of aromatic nitrogens is 2. The Balaban J connectivity index is 1.57. The molecule has 1 amide bonds. The summed E-state index contributed by atoms with van der Waals surface area (Å²) in [5.41, 5.74) is 1.96. The molecule has 0 aliphatic carbocycles. The first-order chi connectivity index (χ1) is 12.6. The van der Waals surface area contributed by atoms with Gasteiger partial charge in [-0.3, -0.25) is 4.79 Å². The van der Waals surface area contributed by atoms with E-state index in [4.69, 9.17) is 11.6 Å². The third-order valence-corrected chi connectivity index (χ3v) is 3.85. The average molecular weight is 371 g/mol. The van der Waals surface area contributed by atoms with Crippen molar-refractivity contribution >= 4 is 29.1 Å². The minimum atomic E-state index is -0.328. The number of nitrogens with zero attached hydrogens (tertiary/aromatic N) is 2. The molecule has 0 saturated heterocycles. The van der Waals surface area contributed by atoms with Crippen molar-refractivity contribution in [3.05, 3.63) is 82.9 Å². The van der Waals surface area contributed by atoms with Gasteiger partial charge in [-0.25, -0.2) is 14.4 Å². The quantitative estimate of drug-likeness (QED) is 0.688. The largest absolute Gasteiger partial charge is 0.350 e. The summed E-state index contributed by atoms with van der Waals surface area (Å²) in [6, 6.07) is 14.8.